The summed E-state index contributed by atoms with van der Waals surface area (Å²) in [6.45, 7) is 2.70. The van der Waals surface area contributed by atoms with Crippen LogP contribution in [0, 0.1) is 6.92 Å². The molecule has 2 aromatic rings. The number of hydrogen-bond donors (Lipinski definition) is 2. The zero-order valence-corrected chi connectivity index (χ0v) is 10.5. The van der Waals surface area contributed by atoms with Gasteiger partial charge in [-0.25, -0.2) is 0 Å². The highest BCUT2D eigenvalue weighted by Crippen LogP contribution is 2.21. The van der Waals surface area contributed by atoms with Crippen LogP contribution in [0.15, 0.2) is 24.4 Å². The van der Waals surface area contributed by atoms with Crippen LogP contribution in [0.2, 0.25) is 0 Å². The number of amides is 1. The van der Waals surface area contributed by atoms with Gasteiger partial charge in [0.1, 0.15) is 5.88 Å². The molecule has 4 heteroatoms. The molecule has 0 bridgehead atoms. The summed E-state index contributed by atoms with van der Waals surface area (Å²) in [5.74, 6) is -0.102. The molecule has 90 valence electrons. The first-order valence-corrected chi connectivity index (χ1v) is 6.14. The topological polar surface area (TPSA) is 44.9 Å². The van der Waals surface area contributed by atoms with Crippen molar-refractivity contribution in [2.75, 3.05) is 12.4 Å². The number of carbonyl (C=O) groups is 1. The highest BCUT2D eigenvalue weighted by molar-refractivity contribution is 6.27. The molecule has 0 aliphatic heterocycles. The lowest BCUT2D eigenvalue weighted by molar-refractivity contribution is -0.118. The normalized spacial score (nSPS) is 10.7. The fraction of sp³-hybridized carbons (Fsp3) is 0.308. The number of rotatable bonds is 4. The summed E-state index contributed by atoms with van der Waals surface area (Å²) in [5, 5.41) is 3.99. The summed E-state index contributed by atoms with van der Waals surface area (Å²) in [5.41, 5.74) is 3.63. The lowest BCUT2D eigenvalue weighted by atomic mass is 10.1. The zero-order valence-electron chi connectivity index (χ0n) is 9.72. The highest BCUT2D eigenvalue weighted by atomic mass is 35.5. The Morgan fingerprint density at radius 3 is 3.06 bits per heavy atom. The van der Waals surface area contributed by atoms with Gasteiger partial charge in [0.05, 0.1) is 0 Å². The molecule has 0 aliphatic carbocycles. The summed E-state index contributed by atoms with van der Waals surface area (Å²) < 4.78 is 0. The summed E-state index contributed by atoms with van der Waals surface area (Å²) in [7, 11) is 0. The lowest BCUT2D eigenvalue weighted by Crippen LogP contribution is -2.26. The van der Waals surface area contributed by atoms with Crippen LogP contribution in [-0.4, -0.2) is 23.3 Å². The maximum atomic E-state index is 11.0. The van der Waals surface area contributed by atoms with Crippen LogP contribution in [0.4, 0.5) is 0 Å². The quantitative estimate of drug-likeness (QED) is 0.804. The first-order valence-electron chi connectivity index (χ1n) is 5.60. The van der Waals surface area contributed by atoms with E-state index in [4.69, 9.17) is 11.6 Å². The smallest absolute Gasteiger partial charge is 0.234 e. The van der Waals surface area contributed by atoms with E-state index in [2.05, 4.69) is 29.4 Å². The number of fused-ring (bicyclic) bond motifs is 1. The summed E-state index contributed by atoms with van der Waals surface area (Å²) >= 11 is 5.41. The van der Waals surface area contributed by atoms with E-state index in [0.29, 0.717) is 6.54 Å². The van der Waals surface area contributed by atoms with Crippen molar-refractivity contribution in [3.63, 3.8) is 0 Å². The van der Waals surface area contributed by atoms with Crippen molar-refractivity contribution in [1.82, 2.24) is 10.3 Å². The molecule has 0 unspecified atom stereocenters. The Bertz CT molecular complexity index is 533. The van der Waals surface area contributed by atoms with Crippen molar-refractivity contribution in [3.8, 4) is 0 Å². The van der Waals surface area contributed by atoms with Gasteiger partial charge >= 0.3 is 0 Å². The molecule has 0 saturated carbocycles. The molecule has 2 N–H and O–H groups in total. The van der Waals surface area contributed by atoms with E-state index in [1.807, 2.05) is 12.3 Å². The number of para-hydroxylation sites is 1. The third-order valence-electron chi connectivity index (χ3n) is 2.85. The van der Waals surface area contributed by atoms with Crippen LogP contribution in [-0.2, 0) is 11.2 Å². The Morgan fingerprint density at radius 1 is 1.47 bits per heavy atom. The minimum absolute atomic E-state index is 0.0208. The number of aromatic nitrogens is 1. The molecule has 0 radical (unpaired) electrons. The number of H-pyrrole nitrogens is 1. The fourth-order valence-electron chi connectivity index (χ4n) is 1.95. The third-order valence-corrected chi connectivity index (χ3v) is 3.09. The van der Waals surface area contributed by atoms with E-state index in [1.54, 1.807) is 0 Å². The number of aromatic amines is 1. The average molecular weight is 251 g/mol. The van der Waals surface area contributed by atoms with Gasteiger partial charge in [0.15, 0.2) is 0 Å². The maximum absolute atomic E-state index is 11.0. The Balaban J connectivity index is 2.09. The number of halogens is 1. The van der Waals surface area contributed by atoms with E-state index < -0.39 is 0 Å². The second kappa shape index (κ2) is 5.23. The van der Waals surface area contributed by atoms with Crippen LogP contribution in [0.25, 0.3) is 10.9 Å². The van der Waals surface area contributed by atoms with E-state index >= 15 is 0 Å². The van der Waals surface area contributed by atoms with Crippen molar-refractivity contribution < 1.29 is 4.79 Å². The highest BCUT2D eigenvalue weighted by Gasteiger charge is 2.05. The molecule has 0 atom stereocenters. The number of carbonyl (C=O) groups excluding carboxylic acids is 1. The van der Waals surface area contributed by atoms with Crippen LogP contribution in [0.1, 0.15) is 11.1 Å². The first kappa shape index (κ1) is 12.0. The summed E-state index contributed by atoms with van der Waals surface area (Å²) in [6, 6.07) is 6.22. The minimum atomic E-state index is -0.123. The Morgan fingerprint density at radius 2 is 2.29 bits per heavy atom. The Labute approximate surface area is 105 Å². The zero-order chi connectivity index (χ0) is 12.3. The molecule has 17 heavy (non-hydrogen) atoms. The summed E-state index contributed by atoms with van der Waals surface area (Å²) in [6.07, 6.45) is 2.82. The molecule has 0 aliphatic rings. The van der Waals surface area contributed by atoms with E-state index in [9.17, 15) is 4.79 Å². The van der Waals surface area contributed by atoms with Gasteiger partial charge in [-0.2, -0.15) is 0 Å². The molecule has 1 amide bonds. The second-order valence-corrected chi connectivity index (χ2v) is 4.31. The van der Waals surface area contributed by atoms with Gasteiger partial charge in [-0.1, -0.05) is 18.2 Å². The predicted molar refractivity (Wildman–Crippen MR) is 70.5 cm³/mol. The van der Waals surface area contributed by atoms with Crippen LogP contribution >= 0.6 is 11.6 Å². The van der Waals surface area contributed by atoms with Crippen molar-refractivity contribution in [1.29, 1.82) is 0 Å². The van der Waals surface area contributed by atoms with Crippen LogP contribution < -0.4 is 5.32 Å². The fourth-order valence-corrected chi connectivity index (χ4v) is 2.05. The second-order valence-electron chi connectivity index (χ2n) is 4.04. The molecule has 0 spiro atoms. The molecule has 0 saturated heterocycles. The maximum Gasteiger partial charge on any atom is 0.234 e. The SMILES string of the molecule is Cc1cccc2c(CCNC(=O)CCl)c[nH]c12. The number of nitrogens with one attached hydrogen (secondary N) is 2. The van der Waals surface area contributed by atoms with Crippen LogP contribution in [0.5, 0.6) is 0 Å². The van der Waals surface area contributed by atoms with Gasteiger partial charge < -0.3 is 10.3 Å². The average Bonchev–Trinajstić information content (AvgIpc) is 2.74. The number of hydrogen-bond acceptors (Lipinski definition) is 1. The molecule has 1 aromatic carbocycles. The van der Waals surface area contributed by atoms with Gasteiger partial charge in [-0.15, -0.1) is 11.6 Å². The van der Waals surface area contributed by atoms with Gasteiger partial charge in [0, 0.05) is 23.6 Å². The van der Waals surface area contributed by atoms with Gasteiger partial charge in [-0.3, -0.25) is 4.79 Å². The molecule has 2 rings (SSSR count). The number of aryl methyl sites for hydroxylation is 1. The number of alkyl halides is 1. The number of benzene rings is 1. The van der Waals surface area contributed by atoms with Crippen molar-refractivity contribution in [3.05, 3.63) is 35.5 Å². The minimum Gasteiger partial charge on any atom is -0.361 e. The van der Waals surface area contributed by atoms with Crippen molar-refractivity contribution in [2.45, 2.75) is 13.3 Å². The van der Waals surface area contributed by atoms with Crippen molar-refractivity contribution >= 4 is 28.4 Å². The molecule has 0 fully saturated rings. The Hall–Kier alpha value is -1.48. The predicted octanol–water partition coefficient (Wildman–Crippen LogP) is 2.37. The standard InChI is InChI=1S/C13H15ClN2O/c1-9-3-2-4-11-10(8-16-13(9)11)5-6-15-12(17)7-14/h2-4,8,16H,5-7H2,1H3,(H,15,17). The van der Waals surface area contributed by atoms with Gasteiger partial charge in [-0.05, 0) is 24.5 Å². The molecular weight excluding hydrogens is 236 g/mol. The Kier molecular flexibility index (Phi) is 3.69. The van der Waals surface area contributed by atoms with Crippen molar-refractivity contribution in [2.24, 2.45) is 0 Å². The van der Waals surface area contributed by atoms with E-state index in [-0.39, 0.29) is 11.8 Å². The van der Waals surface area contributed by atoms with Gasteiger partial charge in [0.2, 0.25) is 5.91 Å². The molecule has 3 nitrogen and oxygen atoms in total. The first-order chi connectivity index (χ1) is 8.22. The largest absolute Gasteiger partial charge is 0.361 e. The monoisotopic (exact) mass is 250 g/mol. The molecular formula is C13H15ClN2O. The van der Waals surface area contributed by atoms with Gasteiger partial charge in [0.25, 0.3) is 0 Å². The van der Waals surface area contributed by atoms with E-state index in [0.717, 1.165) is 6.42 Å². The summed E-state index contributed by atoms with van der Waals surface area (Å²) in [4.78, 5) is 14.3. The lowest BCUT2D eigenvalue weighted by Gasteiger charge is -2.02. The third kappa shape index (κ3) is 2.61. The molecule has 1 aromatic heterocycles. The van der Waals surface area contributed by atoms with Crippen LogP contribution in [0.3, 0.4) is 0 Å². The molecule has 1 heterocycles. The van der Waals surface area contributed by atoms with E-state index in [1.165, 1.54) is 22.0 Å².